The van der Waals surface area contributed by atoms with E-state index in [2.05, 4.69) is 19.6 Å². The van der Waals surface area contributed by atoms with Crippen molar-refractivity contribution >= 4 is 28.5 Å². The molecule has 1 aromatic rings. The number of nitrogens with zero attached hydrogens (tertiary/aromatic N) is 4. The molecule has 116 valence electrons. The van der Waals surface area contributed by atoms with Gasteiger partial charge in [-0.1, -0.05) is 0 Å². The molecule has 8 nitrogen and oxygen atoms in total. The van der Waals surface area contributed by atoms with Crippen LogP contribution in [0.15, 0.2) is 0 Å². The first-order valence-corrected chi connectivity index (χ1v) is 7.90. The van der Waals surface area contributed by atoms with Gasteiger partial charge < -0.3 is 25.6 Å². The lowest BCUT2D eigenvalue weighted by Crippen LogP contribution is -2.59. The third-order valence-electron chi connectivity index (χ3n) is 3.88. The Balaban J connectivity index is 1.56. The molecular formula is C12H20N6O2S. The Morgan fingerprint density at radius 1 is 1.43 bits per heavy atom. The van der Waals surface area contributed by atoms with Crippen LogP contribution >= 0.6 is 11.5 Å². The number of piperazine rings is 1. The highest BCUT2D eigenvalue weighted by molar-refractivity contribution is 7.09. The first kappa shape index (κ1) is 14.5. The minimum atomic E-state index is -0.234. The standard InChI is InChI=1S/C12H20N6O2S/c1-8-9(14-2-7-20-8)10(19)17-3-5-18(6-4-17)12-15-11(13)16-21-12/h8-9,14H,2-7H2,1H3,(H2,13,16)/t8-,9+/m1/s1. The number of carbonyl (C=O) groups is 1. The average molecular weight is 312 g/mol. The summed E-state index contributed by atoms with van der Waals surface area (Å²) < 4.78 is 9.53. The van der Waals surface area contributed by atoms with E-state index >= 15 is 0 Å². The molecule has 1 aromatic heterocycles. The highest BCUT2D eigenvalue weighted by Crippen LogP contribution is 2.20. The Bertz CT molecular complexity index is 502. The third kappa shape index (κ3) is 3.09. The van der Waals surface area contributed by atoms with Crippen molar-refractivity contribution in [1.29, 1.82) is 0 Å². The number of hydrogen-bond acceptors (Lipinski definition) is 8. The number of morpholine rings is 1. The van der Waals surface area contributed by atoms with Crippen LogP contribution in [0.3, 0.4) is 0 Å². The predicted molar refractivity (Wildman–Crippen MR) is 80.3 cm³/mol. The Morgan fingerprint density at radius 3 is 2.81 bits per heavy atom. The number of ether oxygens (including phenoxy) is 1. The van der Waals surface area contributed by atoms with Crippen LogP contribution in [0, 0.1) is 0 Å². The predicted octanol–water partition coefficient (Wildman–Crippen LogP) is -0.854. The summed E-state index contributed by atoms with van der Waals surface area (Å²) in [5.74, 6) is 0.435. The maximum absolute atomic E-state index is 12.5. The maximum Gasteiger partial charge on any atom is 0.242 e. The first-order chi connectivity index (χ1) is 10.1. The Morgan fingerprint density at radius 2 is 2.19 bits per heavy atom. The largest absolute Gasteiger partial charge is 0.375 e. The minimum absolute atomic E-state index is 0.0766. The lowest BCUT2D eigenvalue weighted by molar-refractivity contribution is -0.139. The monoisotopic (exact) mass is 312 g/mol. The van der Waals surface area contributed by atoms with Crippen molar-refractivity contribution in [1.82, 2.24) is 19.6 Å². The summed E-state index contributed by atoms with van der Waals surface area (Å²) >= 11 is 1.30. The number of amides is 1. The molecule has 9 heteroatoms. The highest BCUT2D eigenvalue weighted by atomic mass is 32.1. The van der Waals surface area contributed by atoms with Gasteiger partial charge in [-0.05, 0) is 6.92 Å². The highest BCUT2D eigenvalue weighted by Gasteiger charge is 2.33. The van der Waals surface area contributed by atoms with Crippen LogP contribution in [0.5, 0.6) is 0 Å². The summed E-state index contributed by atoms with van der Waals surface area (Å²) in [4.78, 5) is 20.7. The fraction of sp³-hybridized carbons (Fsp3) is 0.750. The van der Waals surface area contributed by atoms with E-state index in [9.17, 15) is 4.79 Å². The van der Waals surface area contributed by atoms with E-state index in [0.717, 1.165) is 24.8 Å². The molecule has 2 aliphatic heterocycles. The molecule has 2 fully saturated rings. The number of hydrogen-bond donors (Lipinski definition) is 2. The first-order valence-electron chi connectivity index (χ1n) is 7.13. The smallest absolute Gasteiger partial charge is 0.242 e. The van der Waals surface area contributed by atoms with Crippen LogP contribution in [0.25, 0.3) is 0 Å². The van der Waals surface area contributed by atoms with Gasteiger partial charge in [0.05, 0.1) is 12.7 Å². The molecule has 0 radical (unpaired) electrons. The molecule has 21 heavy (non-hydrogen) atoms. The summed E-state index contributed by atoms with van der Waals surface area (Å²) in [7, 11) is 0. The van der Waals surface area contributed by atoms with Gasteiger partial charge in [-0.25, -0.2) is 0 Å². The zero-order chi connectivity index (χ0) is 14.8. The van der Waals surface area contributed by atoms with E-state index in [0.29, 0.717) is 25.6 Å². The van der Waals surface area contributed by atoms with Gasteiger partial charge in [0.2, 0.25) is 17.0 Å². The number of nitrogen functional groups attached to an aromatic ring is 1. The van der Waals surface area contributed by atoms with Crippen molar-refractivity contribution in [2.24, 2.45) is 0 Å². The van der Waals surface area contributed by atoms with Crippen molar-refractivity contribution in [3.63, 3.8) is 0 Å². The molecule has 2 atom stereocenters. The molecular weight excluding hydrogens is 292 g/mol. The Labute approximate surface area is 127 Å². The second kappa shape index (κ2) is 6.12. The molecule has 0 aromatic carbocycles. The van der Waals surface area contributed by atoms with Crippen molar-refractivity contribution in [2.75, 3.05) is 50.0 Å². The van der Waals surface area contributed by atoms with Crippen molar-refractivity contribution in [3.05, 3.63) is 0 Å². The number of rotatable bonds is 2. The van der Waals surface area contributed by atoms with Crippen LogP contribution in [-0.4, -0.2) is 71.6 Å². The number of nitrogens with one attached hydrogen (secondary N) is 1. The number of nitrogens with two attached hydrogens (primary N) is 1. The van der Waals surface area contributed by atoms with Gasteiger partial charge in [0.15, 0.2) is 0 Å². The van der Waals surface area contributed by atoms with E-state index in [-0.39, 0.29) is 18.1 Å². The third-order valence-corrected chi connectivity index (χ3v) is 4.67. The Kier molecular flexibility index (Phi) is 4.22. The number of carbonyl (C=O) groups excluding carboxylic acids is 1. The van der Waals surface area contributed by atoms with Crippen LogP contribution in [0.2, 0.25) is 0 Å². The SMILES string of the molecule is C[C@H]1OCCN[C@@H]1C(=O)N1CCN(c2nc(N)ns2)CC1. The molecule has 2 aliphatic rings. The molecule has 0 aliphatic carbocycles. The van der Waals surface area contributed by atoms with E-state index in [4.69, 9.17) is 10.5 Å². The van der Waals surface area contributed by atoms with Crippen LogP contribution < -0.4 is 16.0 Å². The summed E-state index contributed by atoms with van der Waals surface area (Å²) in [6, 6.07) is -0.234. The average Bonchev–Trinajstić information content (AvgIpc) is 2.94. The molecule has 0 saturated carbocycles. The van der Waals surface area contributed by atoms with E-state index in [1.165, 1.54) is 11.5 Å². The van der Waals surface area contributed by atoms with Gasteiger partial charge in [-0.15, -0.1) is 0 Å². The molecule has 0 spiro atoms. The fourth-order valence-electron chi connectivity index (χ4n) is 2.68. The molecule has 1 amide bonds. The van der Waals surface area contributed by atoms with Gasteiger partial charge >= 0.3 is 0 Å². The van der Waals surface area contributed by atoms with Gasteiger partial charge in [0.1, 0.15) is 6.04 Å². The second-order valence-corrected chi connectivity index (χ2v) is 5.99. The topological polar surface area (TPSA) is 96.6 Å². The second-order valence-electron chi connectivity index (χ2n) is 5.26. The normalized spacial score (nSPS) is 26.9. The minimum Gasteiger partial charge on any atom is -0.375 e. The van der Waals surface area contributed by atoms with Crippen molar-refractivity contribution in [3.8, 4) is 0 Å². The van der Waals surface area contributed by atoms with Crippen molar-refractivity contribution in [2.45, 2.75) is 19.1 Å². The van der Waals surface area contributed by atoms with Crippen LogP contribution in [0.4, 0.5) is 11.1 Å². The van der Waals surface area contributed by atoms with Gasteiger partial charge in [-0.3, -0.25) is 4.79 Å². The number of anilines is 2. The fourth-order valence-corrected chi connectivity index (χ4v) is 3.33. The summed E-state index contributed by atoms with van der Waals surface area (Å²) in [6.45, 7) is 6.20. The lowest BCUT2D eigenvalue weighted by atomic mass is 10.1. The van der Waals surface area contributed by atoms with E-state index in [1.807, 2.05) is 11.8 Å². The lowest BCUT2D eigenvalue weighted by Gasteiger charge is -2.38. The van der Waals surface area contributed by atoms with Crippen LogP contribution in [0.1, 0.15) is 6.92 Å². The summed E-state index contributed by atoms with van der Waals surface area (Å²) in [5.41, 5.74) is 5.55. The van der Waals surface area contributed by atoms with Gasteiger partial charge in [-0.2, -0.15) is 9.36 Å². The summed E-state index contributed by atoms with van der Waals surface area (Å²) in [6.07, 6.45) is -0.0766. The quantitative estimate of drug-likeness (QED) is 0.734. The van der Waals surface area contributed by atoms with Gasteiger partial charge in [0, 0.05) is 44.3 Å². The van der Waals surface area contributed by atoms with Crippen LogP contribution in [-0.2, 0) is 9.53 Å². The van der Waals surface area contributed by atoms with E-state index < -0.39 is 0 Å². The van der Waals surface area contributed by atoms with Gasteiger partial charge in [0.25, 0.3) is 0 Å². The molecule has 2 saturated heterocycles. The summed E-state index contributed by atoms with van der Waals surface area (Å²) in [5, 5.41) is 4.07. The molecule has 0 bridgehead atoms. The zero-order valence-electron chi connectivity index (χ0n) is 12.0. The number of aromatic nitrogens is 2. The van der Waals surface area contributed by atoms with Crippen molar-refractivity contribution < 1.29 is 9.53 Å². The zero-order valence-corrected chi connectivity index (χ0v) is 12.8. The van der Waals surface area contributed by atoms with E-state index in [1.54, 1.807) is 0 Å². The molecule has 3 heterocycles. The Hall–Kier alpha value is -1.45. The molecule has 0 unspecified atom stereocenters. The maximum atomic E-state index is 12.5. The molecule has 3 N–H and O–H groups in total. The molecule has 3 rings (SSSR count).